The van der Waals surface area contributed by atoms with E-state index in [1.54, 1.807) is 18.2 Å². The minimum atomic E-state index is -0.383. The van der Waals surface area contributed by atoms with Crippen LogP contribution in [-0.2, 0) is 0 Å². The first-order chi connectivity index (χ1) is 11.1. The number of hydrogen-bond acceptors (Lipinski definition) is 4. The number of carbonyl (C=O) groups excluding carboxylic acids is 1. The van der Waals surface area contributed by atoms with Crippen LogP contribution in [0.1, 0.15) is 22.3 Å². The van der Waals surface area contributed by atoms with Crippen molar-refractivity contribution in [2.75, 3.05) is 18.5 Å². The Morgan fingerprint density at radius 1 is 1.22 bits per heavy atom. The summed E-state index contributed by atoms with van der Waals surface area (Å²) in [5.41, 5.74) is 4.42. The summed E-state index contributed by atoms with van der Waals surface area (Å²) in [4.78, 5) is 11.7. The number of halogens is 1. The van der Waals surface area contributed by atoms with Gasteiger partial charge in [-0.05, 0) is 43.7 Å². The van der Waals surface area contributed by atoms with E-state index in [0.717, 1.165) is 12.2 Å². The summed E-state index contributed by atoms with van der Waals surface area (Å²) in [6, 6.07) is 13.0. The Labute approximate surface area is 140 Å². The average molecular weight is 334 g/mol. The van der Waals surface area contributed by atoms with Crippen LogP contribution in [0.5, 0.6) is 5.75 Å². The molecule has 0 bridgehead atoms. The molecule has 0 fully saturated rings. The summed E-state index contributed by atoms with van der Waals surface area (Å²) in [6.45, 7) is 3.29. The molecule has 0 aromatic heterocycles. The molecule has 0 heterocycles. The van der Waals surface area contributed by atoms with E-state index in [1.165, 1.54) is 5.56 Å². The van der Waals surface area contributed by atoms with Crippen molar-refractivity contribution in [1.82, 2.24) is 5.43 Å². The molecular weight excluding hydrogens is 314 g/mol. The molecule has 0 aliphatic carbocycles. The number of nitrogens with one attached hydrogen (secondary N) is 2. The Kier molecular flexibility index (Phi) is 6.26. The summed E-state index contributed by atoms with van der Waals surface area (Å²) in [5, 5.41) is 3.68. The number of amides is 1. The summed E-state index contributed by atoms with van der Waals surface area (Å²) in [7, 11) is 0. The zero-order valence-electron chi connectivity index (χ0n) is 12.9. The molecule has 0 atom stereocenters. The molecule has 2 aromatic carbocycles. The van der Waals surface area contributed by atoms with E-state index < -0.39 is 0 Å². The summed E-state index contributed by atoms with van der Waals surface area (Å²) < 4.78 is 5.66. The van der Waals surface area contributed by atoms with Gasteiger partial charge in [-0.1, -0.05) is 29.3 Å². The maximum Gasteiger partial charge on any atom is 0.267 e. The number of hydrogen-bond donors (Lipinski definition) is 3. The van der Waals surface area contributed by atoms with Crippen LogP contribution in [0.3, 0.4) is 0 Å². The Bertz CT molecular complexity index is 659. The number of aryl methyl sites for hydroxylation is 1. The average Bonchev–Trinajstić information content (AvgIpc) is 2.56. The fraction of sp³-hybridized carbons (Fsp3) is 0.235. The highest BCUT2D eigenvalue weighted by Crippen LogP contribution is 2.20. The van der Waals surface area contributed by atoms with Crippen molar-refractivity contribution in [1.29, 1.82) is 0 Å². The lowest BCUT2D eigenvalue weighted by atomic mass is 10.1. The molecule has 1 amide bonds. The van der Waals surface area contributed by atoms with Crippen LogP contribution in [0, 0.1) is 6.92 Å². The van der Waals surface area contributed by atoms with Crippen LogP contribution >= 0.6 is 11.6 Å². The highest BCUT2D eigenvalue weighted by molar-refractivity contribution is 6.31. The topological polar surface area (TPSA) is 76.4 Å². The third kappa shape index (κ3) is 5.16. The van der Waals surface area contributed by atoms with E-state index >= 15 is 0 Å². The fourth-order valence-corrected chi connectivity index (χ4v) is 2.23. The van der Waals surface area contributed by atoms with Gasteiger partial charge in [-0.2, -0.15) is 0 Å². The van der Waals surface area contributed by atoms with Gasteiger partial charge in [0.05, 0.1) is 12.2 Å². The number of carbonyl (C=O) groups is 1. The van der Waals surface area contributed by atoms with Gasteiger partial charge in [0, 0.05) is 17.3 Å². The molecule has 5 nitrogen and oxygen atoms in total. The van der Waals surface area contributed by atoms with E-state index in [0.29, 0.717) is 29.4 Å². The summed E-state index contributed by atoms with van der Waals surface area (Å²) >= 11 is 5.91. The van der Waals surface area contributed by atoms with Gasteiger partial charge in [-0.15, -0.1) is 0 Å². The molecule has 2 aromatic rings. The predicted octanol–water partition coefficient (Wildman–Crippen LogP) is 3.13. The molecule has 0 saturated carbocycles. The molecule has 0 aliphatic heterocycles. The summed E-state index contributed by atoms with van der Waals surface area (Å²) in [6.07, 6.45) is 0.792. The van der Waals surface area contributed by atoms with Gasteiger partial charge in [0.25, 0.3) is 5.91 Å². The number of anilines is 1. The van der Waals surface area contributed by atoms with Crippen LogP contribution in [0.15, 0.2) is 42.5 Å². The Morgan fingerprint density at radius 2 is 1.96 bits per heavy atom. The van der Waals surface area contributed by atoms with Crippen molar-refractivity contribution in [3.63, 3.8) is 0 Å². The Morgan fingerprint density at radius 3 is 2.65 bits per heavy atom. The number of nitrogens with two attached hydrogens (primary N) is 1. The molecule has 4 N–H and O–H groups in total. The van der Waals surface area contributed by atoms with Crippen molar-refractivity contribution >= 4 is 23.2 Å². The zero-order valence-corrected chi connectivity index (χ0v) is 13.7. The van der Waals surface area contributed by atoms with Gasteiger partial charge in [0.1, 0.15) is 5.75 Å². The van der Waals surface area contributed by atoms with Gasteiger partial charge < -0.3 is 10.1 Å². The second-order valence-electron chi connectivity index (χ2n) is 5.11. The van der Waals surface area contributed by atoms with Crippen LogP contribution in [0.25, 0.3) is 0 Å². The van der Waals surface area contributed by atoms with E-state index in [4.69, 9.17) is 22.2 Å². The molecule has 0 unspecified atom stereocenters. The third-order valence-electron chi connectivity index (χ3n) is 3.28. The van der Waals surface area contributed by atoms with E-state index in [-0.39, 0.29) is 5.91 Å². The minimum Gasteiger partial charge on any atom is -0.494 e. The van der Waals surface area contributed by atoms with E-state index in [2.05, 4.69) is 10.7 Å². The van der Waals surface area contributed by atoms with Crippen molar-refractivity contribution in [2.45, 2.75) is 13.3 Å². The number of rotatable bonds is 7. The molecule has 6 heteroatoms. The number of ether oxygens (including phenoxy) is 1. The smallest absolute Gasteiger partial charge is 0.267 e. The van der Waals surface area contributed by atoms with E-state index in [1.807, 2.05) is 31.2 Å². The standard InChI is InChI=1S/C17H20ClN3O2/c1-12-3-6-14(7-4-12)23-10-2-9-20-16-8-5-13(18)11-15(16)17(22)21-19/h3-8,11,20H,2,9-10,19H2,1H3,(H,21,22). The minimum absolute atomic E-state index is 0.383. The van der Waals surface area contributed by atoms with Crippen molar-refractivity contribution in [3.8, 4) is 5.75 Å². The largest absolute Gasteiger partial charge is 0.494 e. The fourth-order valence-electron chi connectivity index (χ4n) is 2.06. The summed E-state index contributed by atoms with van der Waals surface area (Å²) in [5.74, 6) is 5.65. The van der Waals surface area contributed by atoms with Crippen LogP contribution < -0.4 is 21.3 Å². The molecule has 23 heavy (non-hydrogen) atoms. The first-order valence-corrected chi connectivity index (χ1v) is 7.72. The number of hydrazine groups is 1. The third-order valence-corrected chi connectivity index (χ3v) is 3.52. The maximum absolute atomic E-state index is 11.7. The maximum atomic E-state index is 11.7. The van der Waals surface area contributed by atoms with Crippen molar-refractivity contribution in [3.05, 3.63) is 58.6 Å². The second kappa shape index (κ2) is 8.41. The highest BCUT2D eigenvalue weighted by Gasteiger charge is 2.10. The monoisotopic (exact) mass is 333 g/mol. The first kappa shape index (κ1) is 17.1. The normalized spacial score (nSPS) is 10.2. The van der Waals surface area contributed by atoms with Gasteiger partial charge >= 0.3 is 0 Å². The van der Waals surface area contributed by atoms with Crippen LogP contribution in [0.2, 0.25) is 5.02 Å². The predicted molar refractivity (Wildman–Crippen MR) is 92.9 cm³/mol. The van der Waals surface area contributed by atoms with Crippen molar-refractivity contribution < 1.29 is 9.53 Å². The molecule has 2 rings (SSSR count). The van der Waals surface area contributed by atoms with Gasteiger partial charge in [-0.3, -0.25) is 10.2 Å². The molecule has 0 spiro atoms. The SMILES string of the molecule is Cc1ccc(OCCCNc2ccc(Cl)cc2C(=O)NN)cc1. The molecule has 122 valence electrons. The molecular formula is C17H20ClN3O2. The Hall–Kier alpha value is -2.24. The van der Waals surface area contributed by atoms with Gasteiger partial charge in [0.15, 0.2) is 0 Å². The van der Waals surface area contributed by atoms with Gasteiger partial charge in [-0.25, -0.2) is 5.84 Å². The Balaban J connectivity index is 1.82. The lowest BCUT2D eigenvalue weighted by molar-refractivity contribution is 0.0954. The van der Waals surface area contributed by atoms with Crippen LogP contribution in [-0.4, -0.2) is 19.1 Å². The van der Waals surface area contributed by atoms with Crippen LogP contribution in [0.4, 0.5) is 5.69 Å². The second-order valence-corrected chi connectivity index (χ2v) is 5.54. The molecule has 0 saturated heterocycles. The molecule has 0 radical (unpaired) electrons. The quantitative estimate of drug-likeness (QED) is 0.315. The lowest BCUT2D eigenvalue weighted by Gasteiger charge is -2.12. The van der Waals surface area contributed by atoms with Gasteiger partial charge in [0.2, 0.25) is 0 Å². The first-order valence-electron chi connectivity index (χ1n) is 7.34. The molecule has 0 aliphatic rings. The highest BCUT2D eigenvalue weighted by atomic mass is 35.5. The lowest BCUT2D eigenvalue weighted by Crippen LogP contribution is -2.30. The zero-order chi connectivity index (χ0) is 16.7. The number of benzene rings is 2. The number of nitrogen functional groups attached to an aromatic ring is 1. The van der Waals surface area contributed by atoms with E-state index in [9.17, 15) is 4.79 Å². The van der Waals surface area contributed by atoms with Crippen molar-refractivity contribution in [2.24, 2.45) is 5.84 Å².